The highest BCUT2D eigenvalue weighted by Gasteiger charge is 2.16. The number of carbonyl (C=O) groups is 1. The van der Waals surface area contributed by atoms with Crippen molar-refractivity contribution in [3.63, 3.8) is 0 Å². The second-order valence-corrected chi connectivity index (χ2v) is 5.32. The molecule has 0 amide bonds. The molecule has 0 N–H and O–H groups in total. The molecule has 0 spiro atoms. The Morgan fingerprint density at radius 3 is 3.00 bits per heavy atom. The van der Waals surface area contributed by atoms with E-state index in [9.17, 15) is 4.79 Å². The van der Waals surface area contributed by atoms with Gasteiger partial charge in [0.1, 0.15) is 0 Å². The molecule has 6 nitrogen and oxygen atoms in total. The van der Waals surface area contributed by atoms with Crippen LogP contribution in [0.1, 0.15) is 26.2 Å². The molecule has 0 aliphatic carbocycles. The van der Waals surface area contributed by atoms with Crippen molar-refractivity contribution in [1.29, 1.82) is 0 Å². The molecule has 21 heavy (non-hydrogen) atoms. The summed E-state index contributed by atoms with van der Waals surface area (Å²) in [6.07, 6.45) is 0.935. The Morgan fingerprint density at radius 1 is 1.48 bits per heavy atom. The average Bonchev–Trinajstić information content (AvgIpc) is 3.09. The van der Waals surface area contributed by atoms with E-state index in [0.717, 1.165) is 18.5 Å². The van der Waals surface area contributed by atoms with Crippen LogP contribution >= 0.6 is 11.3 Å². The molecule has 0 aromatic carbocycles. The molecule has 114 valence electrons. The minimum absolute atomic E-state index is 0.233. The third-order valence-electron chi connectivity index (χ3n) is 2.80. The summed E-state index contributed by atoms with van der Waals surface area (Å²) in [6, 6.07) is 1.95. The molecule has 0 unspecified atom stereocenters. The van der Waals surface area contributed by atoms with Crippen LogP contribution in [0.3, 0.4) is 0 Å². The number of esters is 1. The third kappa shape index (κ3) is 4.64. The highest BCUT2D eigenvalue weighted by molar-refractivity contribution is 7.08. The predicted molar refractivity (Wildman–Crippen MR) is 79.8 cm³/mol. The maximum atomic E-state index is 11.6. The summed E-state index contributed by atoms with van der Waals surface area (Å²) in [5.41, 5.74) is 0.947. The van der Waals surface area contributed by atoms with Crippen LogP contribution in [0, 0.1) is 0 Å². The van der Waals surface area contributed by atoms with Crippen LogP contribution in [0.15, 0.2) is 21.3 Å². The minimum Gasteiger partial charge on any atom is -0.465 e. The molecule has 0 radical (unpaired) electrons. The van der Waals surface area contributed by atoms with Gasteiger partial charge in [-0.2, -0.15) is 16.3 Å². The van der Waals surface area contributed by atoms with Gasteiger partial charge < -0.3 is 9.26 Å². The number of rotatable bonds is 8. The van der Waals surface area contributed by atoms with E-state index in [1.807, 2.05) is 21.7 Å². The molecule has 2 rings (SSSR count). The van der Waals surface area contributed by atoms with E-state index in [0.29, 0.717) is 24.9 Å². The van der Waals surface area contributed by atoms with E-state index in [4.69, 9.17) is 9.26 Å². The van der Waals surface area contributed by atoms with Crippen LogP contribution in [0.25, 0.3) is 11.4 Å². The largest absolute Gasteiger partial charge is 0.465 e. The first-order valence-electron chi connectivity index (χ1n) is 6.96. The Hall–Kier alpha value is -1.73. The van der Waals surface area contributed by atoms with Crippen molar-refractivity contribution in [2.75, 3.05) is 19.7 Å². The molecule has 0 atom stereocenters. The van der Waals surface area contributed by atoms with E-state index >= 15 is 0 Å². The van der Waals surface area contributed by atoms with Gasteiger partial charge in [0.15, 0.2) is 0 Å². The van der Waals surface area contributed by atoms with Gasteiger partial charge >= 0.3 is 5.97 Å². The Balaban J connectivity index is 1.98. The smallest absolute Gasteiger partial charge is 0.320 e. The molecule has 2 aromatic rings. The maximum absolute atomic E-state index is 11.6. The highest BCUT2D eigenvalue weighted by Crippen LogP contribution is 2.19. The summed E-state index contributed by atoms with van der Waals surface area (Å²) in [5.74, 6) is 0.858. The fraction of sp³-hybridized carbons (Fsp3) is 0.500. The zero-order valence-electron chi connectivity index (χ0n) is 12.2. The van der Waals surface area contributed by atoms with E-state index in [-0.39, 0.29) is 12.5 Å². The Bertz CT molecular complexity index is 554. The van der Waals surface area contributed by atoms with Gasteiger partial charge in [-0.1, -0.05) is 12.1 Å². The molecular formula is C14H19N3O3S. The topological polar surface area (TPSA) is 68.5 Å². The number of hydrogen-bond acceptors (Lipinski definition) is 7. The van der Waals surface area contributed by atoms with Crippen molar-refractivity contribution in [3.8, 4) is 11.4 Å². The van der Waals surface area contributed by atoms with Crippen molar-refractivity contribution >= 4 is 17.3 Å². The summed E-state index contributed by atoms with van der Waals surface area (Å²) in [4.78, 5) is 17.9. The first-order chi connectivity index (χ1) is 10.2. The molecule has 0 bridgehead atoms. The zero-order chi connectivity index (χ0) is 15.1. The fourth-order valence-corrected chi connectivity index (χ4v) is 2.57. The molecule has 0 aliphatic rings. The van der Waals surface area contributed by atoms with Crippen LogP contribution < -0.4 is 0 Å². The number of nitrogens with zero attached hydrogens (tertiary/aromatic N) is 3. The molecule has 2 heterocycles. The van der Waals surface area contributed by atoms with Crippen molar-refractivity contribution in [1.82, 2.24) is 15.0 Å². The summed E-state index contributed by atoms with van der Waals surface area (Å²) in [7, 11) is 0. The highest BCUT2D eigenvalue weighted by atomic mass is 32.1. The van der Waals surface area contributed by atoms with Crippen LogP contribution in [0.5, 0.6) is 0 Å². The Morgan fingerprint density at radius 2 is 2.33 bits per heavy atom. The lowest BCUT2D eigenvalue weighted by atomic mass is 10.3. The van der Waals surface area contributed by atoms with Gasteiger partial charge in [-0.25, -0.2) is 0 Å². The summed E-state index contributed by atoms with van der Waals surface area (Å²) in [6.45, 7) is 5.70. The van der Waals surface area contributed by atoms with Gasteiger partial charge in [0, 0.05) is 10.9 Å². The molecule has 0 saturated carbocycles. The third-order valence-corrected chi connectivity index (χ3v) is 3.49. The second-order valence-electron chi connectivity index (χ2n) is 4.54. The monoisotopic (exact) mass is 309 g/mol. The zero-order valence-corrected chi connectivity index (χ0v) is 13.1. The average molecular weight is 309 g/mol. The molecule has 0 saturated heterocycles. The lowest BCUT2D eigenvalue weighted by Gasteiger charge is -2.18. The van der Waals surface area contributed by atoms with Gasteiger partial charge in [0.05, 0.1) is 19.7 Å². The normalized spacial score (nSPS) is 11.0. The fourth-order valence-electron chi connectivity index (χ4n) is 1.94. The number of ether oxygens (including phenoxy) is 1. The lowest BCUT2D eigenvalue weighted by Crippen LogP contribution is -2.31. The van der Waals surface area contributed by atoms with Crippen molar-refractivity contribution in [2.24, 2.45) is 0 Å². The molecular weight excluding hydrogens is 290 g/mol. The maximum Gasteiger partial charge on any atom is 0.320 e. The molecule has 0 aliphatic heterocycles. The van der Waals surface area contributed by atoms with E-state index in [1.165, 1.54) is 0 Å². The minimum atomic E-state index is -0.233. The van der Waals surface area contributed by atoms with Crippen LogP contribution in [0.4, 0.5) is 0 Å². The van der Waals surface area contributed by atoms with E-state index < -0.39 is 0 Å². The number of aromatic nitrogens is 2. The Kier molecular flexibility index (Phi) is 5.89. The van der Waals surface area contributed by atoms with Gasteiger partial charge in [0.2, 0.25) is 11.7 Å². The number of thiophene rings is 1. The van der Waals surface area contributed by atoms with Gasteiger partial charge in [-0.05, 0) is 31.3 Å². The lowest BCUT2D eigenvalue weighted by molar-refractivity contribution is -0.144. The molecule has 7 heteroatoms. The predicted octanol–water partition coefficient (Wildman–Crippen LogP) is 2.57. The van der Waals surface area contributed by atoms with E-state index in [1.54, 1.807) is 18.3 Å². The van der Waals surface area contributed by atoms with Crippen molar-refractivity contribution < 1.29 is 14.1 Å². The quantitative estimate of drug-likeness (QED) is 0.698. The SMILES string of the molecule is CCCN(CC(=O)OCC)Cc1nc(-c2ccsc2)no1. The molecule has 0 fully saturated rings. The van der Waals surface area contributed by atoms with E-state index in [2.05, 4.69) is 17.1 Å². The standard InChI is InChI=1S/C14H19N3O3S/c1-3-6-17(9-13(18)19-4-2)8-12-15-14(16-20-12)11-5-7-21-10-11/h5,7,10H,3-4,6,8-9H2,1-2H3. The first kappa shape index (κ1) is 15.7. The summed E-state index contributed by atoms with van der Waals surface area (Å²) in [5, 5.41) is 7.90. The first-order valence-corrected chi connectivity index (χ1v) is 7.90. The van der Waals surface area contributed by atoms with Crippen LogP contribution in [0.2, 0.25) is 0 Å². The van der Waals surface area contributed by atoms with Gasteiger partial charge in [-0.15, -0.1) is 0 Å². The van der Waals surface area contributed by atoms with Crippen molar-refractivity contribution in [3.05, 3.63) is 22.7 Å². The van der Waals surface area contributed by atoms with Crippen LogP contribution in [-0.4, -0.2) is 40.7 Å². The second kappa shape index (κ2) is 7.90. The summed E-state index contributed by atoms with van der Waals surface area (Å²) < 4.78 is 10.2. The molecule has 2 aromatic heterocycles. The number of carbonyl (C=O) groups excluding carboxylic acids is 1. The van der Waals surface area contributed by atoms with Gasteiger partial charge in [0.25, 0.3) is 0 Å². The van der Waals surface area contributed by atoms with Crippen molar-refractivity contribution in [2.45, 2.75) is 26.8 Å². The van der Waals surface area contributed by atoms with Crippen LogP contribution in [-0.2, 0) is 16.1 Å². The summed E-state index contributed by atoms with van der Waals surface area (Å²) >= 11 is 1.59. The Labute approximate surface area is 127 Å². The number of hydrogen-bond donors (Lipinski definition) is 0. The van der Waals surface area contributed by atoms with Gasteiger partial charge in [-0.3, -0.25) is 9.69 Å².